The van der Waals surface area contributed by atoms with Crippen LogP contribution in [-0.4, -0.2) is 0 Å². The highest BCUT2D eigenvalue weighted by molar-refractivity contribution is 6.07. The van der Waals surface area contributed by atoms with E-state index in [9.17, 15) is 0 Å². The van der Waals surface area contributed by atoms with Crippen molar-refractivity contribution < 1.29 is 0 Å². The zero-order valence-electron chi connectivity index (χ0n) is 49.5. The number of fused-ring (bicyclic) bond motifs is 7. The van der Waals surface area contributed by atoms with E-state index in [1.54, 1.807) is 0 Å². The molecular weight excluding hydrogens is 829 g/mol. The van der Waals surface area contributed by atoms with Gasteiger partial charge in [0.15, 0.2) is 0 Å². The third-order valence-corrected chi connectivity index (χ3v) is 7.80. The Balaban J connectivity index is 0.000000794. The maximum atomic E-state index is 2.30. The Bertz CT molecular complexity index is 2170. The van der Waals surface area contributed by atoms with E-state index in [2.05, 4.69) is 338 Å². The van der Waals surface area contributed by atoms with Crippen LogP contribution in [0.3, 0.4) is 0 Å². The van der Waals surface area contributed by atoms with E-state index in [1.165, 1.54) is 54.6 Å². The second kappa shape index (κ2) is 28.2. The lowest BCUT2D eigenvalue weighted by molar-refractivity contribution is 0.469. The van der Waals surface area contributed by atoms with Gasteiger partial charge in [-0.05, 0) is 87.1 Å². The predicted molar refractivity (Wildman–Crippen MR) is 320 cm³/mol. The smallest absolute Gasteiger partial charge is 0.0158 e. The monoisotopic (exact) mass is 933 g/mol. The summed E-state index contributed by atoms with van der Waals surface area (Å²) in [6.07, 6.45) is 0. The Morgan fingerprint density at radius 2 is 0.391 bits per heavy atom. The third-order valence-electron chi connectivity index (χ3n) is 7.80. The molecule has 8 rings (SSSR count). The quantitative estimate of drug-likeness (QED) is 0.133. The predicted octanol–water partition coefficient (Wildman–Crippen LogP) is 23.1. The second-order valence-corrected chi connectivity index (χ2v) is 28.6. The molecule has 0 unspecified atom stereocenters. The van der Waals surface area contributed by atoms with Crippen molar-refractivity contribution in [2.75, 3.05) is 0 Å². The molecule has 0 bridgehead atoms. The summed E-state index contributed by atoms with van der Waals surface area (Å²) >= 11 is 0. The Hall–Kier alpha value is -4.68. The molecule has 1 aliphatic rings. The van der Waals surface area contributed by atoms with Crippen LogP contribution in [0.2, 0.25) is 0 Å². The molecule has 0 N–H and O–H groups in total. The molecule has 0 aromatic heterocycles. The topological polar surface area (TPSA) is 0 Å². The van der Waals surface area contributed by atoms with Crippen molar-refractivity contribution in [1.29, 1.82) is 0 Å². The minimum absolute atomic E-state index is 0.160. The van der Waals surface area contributed by atoms with Gasteiger partial charge in [0.1, 0.15) is 0 Å². The molecule has 0 saturated carbocycles. The van der Waals surface area contributed by atoms with Gasteiger partial charge in [-0.15, -0.1) is 0 Å². The lowest BCUT2D eigenvalue weighted by Gasteiger charge is -2.20. The number of rotatable bonds is 0. The third kappa shape index (κ3) is 35.1. The van der Waals surface area contributed by atoms with Crippen molar-refractivity contribution in [2.24, 2.45) is 32.5 Å². The highest BCUT2D eigenvalue weighted by Gasteiger charge is 2.34. The normalized spacial score (nSPS) is 12.3. The largest absolute Gasteiger partial charge is 0.0619 e. The molecule has 0 aliphatic heterocycles. The molecule has 0 atom stereocenters. The molecule has 0 saturated heterocycles. The first-order valence-corrected chi connectivity index (χ1v) is 25.6. The first-order chi connectivity index (χ1) is 31.1. The molecule has 0 fully saturated rings. The maximum Gasteiger partial charge on any atom is 0.0158 e. The van der Waals surface area contributed by atoms with Gasteiger partial charge in [0.2, 0.25) is 0 Å². The first kappa shape index (κ1) is 64.3. The molecule has 0 heterocycles. The average molecular weight is 934 g/mol. The average Bonchev–Trinajstić information content (AvgIpc) is 3.41. The second-order valence-electron chi connectivity index (χ2n) is 28.6. The fraction of sp³-hybridized carbons (Fsp3) is 0.478. The van der Waals surface area contributed by atoms with E-state index in [-0.39, 0.29) is 5.41 Å². The van der Waals surface area contributed by atoms with Crippen LogP contribution in [-0.2, 0) is 5.41 Å². The van der Waals surface area contributed by atoms with E-state index >= 15 is 0 Å². The fourth-order valence-corrected chi connectivity index (χ4v) is 5.76. The van der Waals surface area contributed by atoms with Gasteiger partial charge in [0, 0.05) is 5.41 Å². The van der Waals surface area contributed by atoms with Gasteiger partial charge in [-0.1, -0.05) is 338 Å². The van der Waals surface area contributed by atoms with Crippen molar-refractivity contribution in [3.05, 3.63) is 169 Å². The summed E-state index contributed by atoms with van der Waals surface area (Å²) in [7, 11) is 0. The van der Waals surface area contributed by atoms with E-state index in [1.807, 2.05) is 0 Å². The van der Waals surface area contributed by atoms with E-state index in [4.69, 9.17) is 0 Å². The molecule has 1 aliphatic carbocycles. The SMILES string of the molecule is CC(C)(C)C.CC(C)(C)C.CC(C)(C)C.CC(C)(C)C.CC(C)(C)C.CC(C)(C)C.CC1(C)c2ccccc2-c2ccccc21.c1ccc2c(c1)ccc1ccccc12.c1ccc2ccccc2c1. The van der Waals surface area contributed by atoms with Crippen molar-refractivity contribution >= 4 is 32.3 Å². The van der Waals surface area contributed by atoms with Crippen molar-refractivity contribution in [3.8, 4) is 11.1 Å². The molecule has 0 spiro atoms. The van der Waals surface area contributed by atoms with Gasteiger partial charge in [0.25, 0.3) is 0 Å². The van der Waals surface area contributed by atoms with E-state index < -0.39 is 0 Å². The van der Waals surface area contributed by atoms with Crippen LogP contribution in [0, 0.1) is 32.5 Å². The van der Waals surface area contributed by atoms with E-state index in [0.29, 0.717) is 32.5 Å². The summed E-state index contributed by atoms with van der Waals surface area (Å²) in [6, 6.07) is 55.5. The summed E-state index contributed by atoms with van der Waals surface area (Å²) < 4.78 is 0. The Morgan fingerprint density at radius 3 is 0.623 bits per heavy atom. The minimum atomic E-state index is 0.160. The summed E-state index contributed by atoms with van der Waals surface area (Å²) in [4.78, 5) is 0. The highest BCUT2D eigenvalue weighted by Crippen LogP contribution is 2.48. The summed E-state index contributed by atoms with van der Waals surface area (Å²) in [5.74, 6) is 0. The summed E-state index contributed by atoms with van der Waals surface area (Å²) in [5, 5.41) is 7.92. The Labute approximate surface area is 428 Å². The van der Waals surface area contributed by atoms with Crippen LogP contribution in [0.4, 0.5) is 0 Å². The maximum absolute atomic E-state index is 2.30. The highest BCUT2D eigenvalue weighted by atomic mass is 14.4. The zero-order valence-corrected chi connectivity index (χ0v) is 49.5. The summed E-state index contributed by atoms with van der Waals surface area (Å²) in [6.45, 7) is 57.1. The van der Waals surface area contributed by atoms with Gasteiger partial charge < -0.3 is 0 Å². The lowest BCUT2D eigenvalue weighted by Crippen LogP contribution is -2.14. The minimum Gasteiger partial charge on any atom is -0.0619 e. The standard InChI is InChI=1S/C15H14.C14H10.C10H8.6C5H12/c1-15(2)13-9-5-3-7-11(13)12-8-4-6-10-14(12)15;1-3-7-13-11(5-1)9-10-12-6-2-4-8-14(12)13;1-2-6-10-8-4-3-7-9(10)5-1;6*1-5(2,3)4/h3-10H,1-2H3;1-10H;1-8H;6*1-4H3. The fourth-order valence-electron chi connectivity index (χ4n) is 5.76. The Kier molecular flexibility index (Phi) is 26.3. The van der Waals surface area contributed by atoms with Crippen LogP contribution in [0.25, 0.3) is 43.4 Å². The first-order valence-electron chi connectivity index (χ1n) is 25.6. The zero-order chi connectivity index (χ0) is 53.7. The van der Waals surface area contributed by atoms with Gasteiger partial charge in [0.05, 0.1) is 0 Å². The molecule has 7 aromatic rings. The molecule has 0 nitrogen and oxygen atoms in total. The molecule has 0 heteroatoms. The molecular formula is C69H104. The van der Waals surface area contributed by atoms with Crippen molar-refractivity contribution in [3.63, 3.8) is 0 Å². The van der Waals surface area contributed by atoms with Crippen molar-refractivity contribution in [1.82, 2.24) is 0 Å². The molecule has 0 radical (unpaired) electrons. The molecule has 380 valence electrons. The van der Waals surface area contributed by atoms with Crippen LogP contribution in [0.1, 0.15) is 191 Å². The Morgan fingerprint density at radius 1 is 0.217 bits per heavy atom. The number of hydrogen-bond donors (Lipinski definition) is 0. The van der Waals surface area contributed by atoms with Crippen LogP contribution in [0.15, 0.2) is 158 Å². The number of benzene rings is 7. The van der Waals surface area contributed by atoms with Crippen LogP contribution >= 0.6 is 0 Å². The number of hydrogen-bond acceptors (Lipinski definition) is 0. The van der Waals surface area contributed by atoms with Gasteiger partial charge in [-0.3, -0.25) is 0 Å². The van der Waals surface area contributed by atoms with Crippen LogP contribution in [0.5, 0.6) is 0 Å². The molecule has 69 heavy (non-hydrogen) atoms. The van der Waals surface area contributed by atoms with Gasteiger partial charge in [-0.25, -0.2) is 0 Å². The molecule has 0 amide bonds. The molecule has 7 aromatic carbocycles. The van der Waals surface area contributed by atoms with Crippen molar-refractivity contribution in [2.45, 2.75) is 185 Å². The summed E-state index contributed by atoms with van der Waals surface area (Å²) in [5.41, 5.74) is 8.86. The van der Waals surface area contributed by atoms with Gasteiger partial charge >= 0.3 is 0 Å². The van der Waals surface area contributed by atoms with Gasteiger partial charge in [-0.2, -0.15) is 0 Å². The van der Waals surface area contributed by atoms with E-state index in [0.717, 1.165) is 0 Å². The van der Waals surface area contributed by atoms with Crippen LogP contribution < -0.4 is 0 Å². The lowest BCUT2D eigenvalue weighted by atomic mass is 9.82.